The first-order valence-corrected chi connectivity index (χ1v) is 11.4. The first kappa shape index (κ1) is 23.1. The molecule has 0 aliphatic carbocycles. The van der Waals surface area contributed by atoms with Crippen molar-refractivity contribution in [3.05, 3.63) is 28.8 Å². The number of piperazine rings is 1. The molecule has 7 nitrogen and oxygen atoms in total. The summed E-state index contributed by atoms with van der Waals surface area (Å²) in [5.41, 5.74) is 2.33. The molecule has 30 heavy (non-hydrogen) atoms. The van der Waals surface area contributed by atoms with Gasteiger partial charge in [-0.25, -0.2) is 0 Å². The number of hydrogen-bond donors (Lipinski definition) is 2. The molecule has 0 bridgehead atoms. The molecular weight excluding hydrogens is 402 g/mol. The summed E-state index contributed by atoms with van der Waals surface area (Å²) in [7, 11) is 3.96. The number of nitrogens with zero attached hydrogens (tertiary/aromatic N) is 3. The van der Waals surface area contributed by atoms with Crippen LogP contribution in [0.15, 0.2) is 23.2 Å². The highest BCUT2D eigenvalue weighted by molar-refractivity contribution is 6.31. The zero-order valence-electron chi connectivity index (χ0n) is 18.3. The zero-order valence-corrected chi connectivity index (χ0v) is 19.1. The molecule has 2 N–H and O–H groups in total. The van der Waals surface area contributed by atoms with E-state index in [1.165, 1.54) is 5.69 Å². The largest absolute Gasteiger partial charge is 0.379 e. The molecule has 2 aliphatic heterocycles. The predicted octanol–water partition coefficient (Wildman–Crippen LogP) is 2.34. The van der Waals surface area contributed by atoms with Crippen LogP contribution >= 0.6 is 11.6 Å². The first-order chi connectivity index (χ1) is 14.7. The third kappa shape index (κ3) is 7.01. The fourth-order valence-electron chi connectivity index (χ4n) is 3.83. The van der Waals surface area contributed by atoms with E-state index in [4.69, 9.17) is 21.1 Å². The highest BCUT2D eigenvalue weighted by atomic mass is 35.5. The minimum atomic E-state index is 0.289. The van der Waals surface area contributed by atoms with E-state index in [-0.39, 0.29) is 6.10 Å². The molecule has 3 rings (SSSR count). The summed E-state index contributed by atoms with van der Waals surface area (Å²) in [5, 5.41) is 7.55. The van der Waals surface area contributed by atoms with Crippen LogP contribution in [0.3, 0.4) is 0 Å². The van der Waals surface area contributed by atoms with Crippen LogP contribution in [0.2, 0.25) is 5.02 Å². The number of benzene rings is 1. The summed E-state index contributed by atoms with van der Waals surface area (Å²) in [4.78, 5) is 9.11. The van der Waals surface area contributed by atoms with E-state index in [1.54, 1.807) is 7.05 Å². The Morgan fingerprint density at radius 1 is 1.27 bits per heavy atom. The van der Waals surface area contributed by atoms with Crippen LogP contribution in [0.5, 0.6) is 0 Å². The highest BCUT2D eigenvalue weighted by Gasteiger charge is 2.18. The third-order valence-electron chi connectivity index (χ3n) is 5.68. The van der Waals surface area contributed by atoms with Gasteiger partial charge in [-0.15, -0.1) is 0 Å². The number of rotatable bonds is 9. The molecular formula is C22H36ClN5O2. The normalized spacial score (nSPS) is 20.6. The van der Waals surface area contributed by atoms with E-state index in [0.29, 0.717) is 13.2 Å². The van der Waals surface area contributed by atoms with Gasteiger partial charge >= 0.3 is 0 Å². The fraction of sp³-hybridized carbons (Fsp3) is 0.682. The van der Waals surface area contributed by atoms with E-state index in [2.05, 4.69) is 38.5 Å². The maximum Gasteiger partial charge on any atom is 0.191 e. The minimum Gasteiger partial charge on any atom is -0.379 e. The third-order valence-corrected chi connectivity index (χ3v) is 6.03. The summed E-state index contributed by atoms with van der Waals surface area (Å²) in [6.45, 7) is 7.91. The summed E-state index contributed by atoms with van der Waals surface area (Å²) in [6, 6.07) is 6.15. The maximum absolute atomic E-state index is 6.56. The lowest BCUT2D eigenvalue weighted by atomic mass is 10.1. The van der Waals surface area contributed by atoms with Crippen molar-refractivity contribution in [2.24, 2.45) is 4.99 Å². The van der Waals surface area contributed by atoms with E-state index >= 15 is 0 Å². The number of nitrogens with one attached hydrogen (secondary N) is 2. The Morgan fingerprint density at radius 3 is 2.83 bits per heavy atom. The van der Waals surface area contributed by atoms with Gasteiger partial charge in [0, 0.05) is 75.8 Å². The van der Waals surface area contributed by atoms with Gasteiger partial charge in [-0.05, 0) is 38.4 Å². The van der Waals surface area contributed by atoms with Gasteiger partial charge in [-0.1, -0.05) is 17.7 Å². The van der Waals surface area contributed by atoms with Crippen molar-refractivity contribution >= 4 is 23.2 Å². The number of aliphatic imine (C=N–C) groups is 1. The van der Waals surface area contributed by atoms with Gasteiger partial charge in [0.05, 0.1) is 12.7 Å². The summed E-state index contributed by atoms with van der Waals surface area (Å²) >= 11 is 6.56. The van der Waals surface area contributed by atoms with Crippen LogP contribution in [0.1, 0.15) is 24.8 Å². The quantitative estimate of drug-likeness (QED) is 0.351. The molecule has 1 atom stereocenters. The Bertz CT molecular complexity index is 673. The van der Waals surface area contributed by atoms with Crippen LogP contribution in [0, 0.1) is 0 Å². The first-order valence-electron chi connectivity index (χ1n) is 11.0. The molecule has 2 fully saturated rings. The van der Waals surface area contributed by atoms with E-state index in [1.807, 2.05) is 12.1 Å². The van der Waals surface area contributed by atoms with Crippen LogP contribution in [-0.4, -0.2) is 83.6 Å². The molecule has 168 valence electrons. The smallest absolute Gasteiger partial charge is 0.191 e. The maximum atomic E-state index is 6.56. The number of ether oxygens (including phenoxy) is 2. The molecule has 8 heteroatoms. The molecule has 0 aromatic heterocycles. The second kappa shape index (κ2) is 12.3. The molecule has 2 saturated heterocycles. The predicted molar refractivity (Wildman–Crippen MR) is 124 cm³/mol. The van der Waals surface area contributed by atoms with Gasteiger partial charge in [0.1, 0.15) is 0 Å². The number of hydrogen-bond acceptors (Lipinski definition) is 5. The molecule has 2 heterocycles. The van der Waals surface area contributed by atoms with Crippen molar-refractivity contribution in [1.29, 1.82) is 0 Å². The second-order valence-corrected chi connectivity index (χ2v) is 8.35. The van der Waals surface area contributed by atoms with Crippen LogP contribution in [0.25, 0.3) is 0 Å². The highest BCUT2D eigenvalue weighted by Crippen LogP contribution is 2.28. The Balaban J connectivity index is 1.42. The van der Waals surface area contributed by atoms with Crippen LogP contribution in [0.4, 0.5) is 5.69 Å². The average Bonchev–Trinajstić information content (AvgIpc) is 3.27. The average molecular weight is 438 g/mol. The Labute approximate surface area is 185 Å². The van der Waals surface area contributed by atoms with Gasteiger partial charge in [0.2, 0.25) is 0 Å². The second-order valence-electron chi connectivity index (χ2n) is 7.94. The Morgan fingerprint density at radius 2 is 2.10 bits per heavy atom. The van der Waals surface area contributed by atoms with Crippen molar-refractivity contribution < 1.29 is 9.47 Å². The van der Waals surface area contributed by atoms with Crippen molar-refractivity contribution in [2.45, 2.75) is 31.9 Å². The molecule has 0 radical (unpaired) electrons. The number of likely N-dealkylation sites (N-methyl/N-ethyl adjacent to an activating group) is 1. The van der Waals surface area contributed by atoms with E-state index < -0.39 is 0 Å². The van der Waals surface area contributed by atoms with E-state index in [9.17, 15) is 0 Å². The molecule has 1 aromatic carbocycles. The van der Waals surface area contributed by atoms with E-state index in [0.717, 1.165) is 81.7 Å². The zero-order chi connectivity index (χ0) is 21.2. The van der Waals surface area contributed by atoms with Crippen molar-refractivity contribution in [1.82, 2.24) is 15.5 Å². The van der Waals surface area contributed by atoms with Crippen molar-refractivity contribution in [3.8, 4) is 0 Å². The molecule has 1 unspecified atom stereocenters. The molecule has 0 spiro atoms. The number of guanidine groups is 1. The standard InChI is InChI=1S/C22H36ClN5O2/c1-24-22(25-9-5-14-29-17-18-6-4-15-30-18)26-16-19-20(23)7-3-8-21(19)28-12-10-27(2)11-13-28/h3,7-8,18H,4-6,9-17H2,1-2H3,(H2,24,25,26). The molecule has 1 aromatic rings. The lowest BCUT2D eigenvalue weighted by Crippen LogP contribution is -2.45. The van der Waals surface area contributed by atoms with Gasteiger partial charge in [-0.2, -0.15) is 0 Å². The van der Waals surface area contributed by atoms with Gasteiger partial charge < -0.3 is 29.9 Å². The van der Waals surface area contributed by atoms with Gasteiger partial charge in [0.25, 0.3) is 0 Å². The minimum absolute atomic E-state index is 0.289. The summed E-state index contributed by atoms with van der Waals surface area (Å²) in [6.07, 6.45) is 3.48. The number of anilines is 1. The van der Waals surface area contributed by atoms with Gasteiger partial charge in [-0.3, -0.25) is 4.99 Å². The number of halogens is 1. The summed E-state index contributed by atoms with van der Waals surface area (Å²) < 4.78 is 11.3. The van der Waals surface area contributed by atoms with Crippen molar-refractivity contribution in [3.63, 3.8) is 0 Å². The SMILES string of the molecule is CN=C(NCCCOCC1CCCO1)NCc1c(Cl)cccc1N1CCN(C)CC1. The Hall–Kier alpha value is -1.54. The topological polar surface area (TPSA) is 61.4 Å². The fourth-order valence-corrected chi connectivity index (χ4v) is 4.07. The van der Waals surface area contributed by atoms with Crippen LogP contribution < -0.4 is 15.5 Å². The molecule has 0 saturated carbocycles. The van der Waals surface area contributed by atoms with Gasteiger partial charge in [0.15, 0.2) is 5.96 Å². The Kier molecular flexibility index (Phi) is 9.52. The van der Waals surface area contributed by atoms with Crippen LogP contribution in [-0.2, 0) is 16.0 Å². The van der Waals surface area contributed by atoms with Crippen molar-refractivity contribution in [2.75, 3.05) is 71.5 Å². The summed E-state index contributed by atoms with van der Waals surface area (Å²) in [5.74, 6) is 0.776. The monoisotopic (exact) mass is 437 g/mol. The molecule has 0 amide bonds. The lowest BCUT2D eigenvalue weighted by Gasteiger charge is -2.35. The lowest BCUT2D eigenvalue weighted by molar-refractivity contribution is 0.0168. The molecule has 2 aliphatic rings.